The Labute approximate surface area is 126 Å². The van der Waals surface area contributed by atoms with Crippen molar-refractivity contribution < 1.29 is 0 Å². The second-order valence-corrected chi connectivity index (χ2v) is 5.65. The van der Waals surface area contributed by atoms with Gasteiger partial charge in [0.1, 0.15) is 11.6 Å². The van der Waals surface area contributed by atoms with Gasteiger partial charge in [0.15, 0.2) is 0 Å². The minimum Gasteiger partial charge on any atom is -0.338 e. The van der Waals surface area contributed by atoms with Crippen molar-refractivity contribution in [1.29, 1.82) is 0 Å². The van der Waals surface area contributed by atoms with Gasteiger partial charge in [0.2, 0.25) is 0 Å². The standard InChI is InChI=1S/C15H15BrN4/c1-19-7-5-17-14(19)10-15-18-6-8-20(15)11-12-3-2-4-13(16)9-12/h2-9H,10-11H2,1H3. The van der Waals surface area contributed by atoms with Gasteiger partial charge in [0.05, 0.1) is 6.42 Å². The third-order valence-corrected chi connectivity index (χ3v) is 3.77. The van der Waals surface area contributed by atoms with E-state index >= 15 is 0 Å². The molecule has 2 aromatic heterocycles. The van der Waals surface area contributed by atoms with E-state index in [-0.39, 0.29) is 0 Å². The number of aryl methyl sites for hydroxylation is 1. The van der Waals surface area contributed by atoms with Crippen molar-refractivity contribution in [2.75, 3.05) is 0 Å². The van der Waals surface area contributed by atoms with Gasteiger partial charge in [0, 0.05) is 42.9 Å². The second kappa shape index (κ2) is 5.63. The highest BCUT2D eigenvalue weighted by molar-refractivity contribution is 9.10. The molecule has 0 N–H and O–H groups in total. The van der Waals surface area contributed by atoms with Crippen LogP contribution in [-0.2, 0) is 20.0 Å². The van der Waals surface area contributed by atoms with Gasteiger partial charge >= 0.3 is 0 Å². The highest BCUT2D eigenvalue weighted by Crippen LogP contribution is 2.14. The van der Waals surface area contributed by atoms with E-state index in [0.29, 0.717) is 0 Å². The Morgan fingerprint density at radius 2 is 1.90 bits per heavy atom. The van der Waals surface area contributed by atoms with E-state index in [2.05, 4.69) is 48.7 Å². The zero-order chi connectivity index (χ0) is 13.9. The molecule has 3 aromatic rings. The number of benzene rings is 1. The first-order chi connectivity index (χ1) is 9.72. The lowest BCUT2D eigenvalue weighted by atomic mass is 10.2. The summed E-state index contributed by atoms with van der Waals surface area (Å²) in [6.07, 6.45) is 8.37. The first kappa shape index (κ1) is 13.1. The van der Waals surface area contributed by atoms with Crippen LogP contribution in [0.1, 0.15) is 17.2 Å². The summed E-state index contributed by atoms with van der Waals surface area (Å²) >= 11 is 3.50. The van der Waals surface area contributed by atoms with E-state index in [1.165, 1.54) is 5.56 Å². The van der Waals surface area contributed by atoms with Crippen LogP contribution in [0.3, 0.4) is 0 Å². The first-order valence-corrected chi connectivity index (χ1v) is 7.22. The molecule has 5 heteroatoms. The van der Waals surface area contributed by atoms with Crippen molar-refractivity contribution in [1.82, 2.24) is 19.1 Å². The highest BCUT2D eigenvalue weighted by atomic mass is 79.9. The van der Waals surface area contributed by atoms with Crippen molar-refractivity contribution >= 4 is 15.9 Å². The number of rotatable bonds is 4. The van der Waals surface area contributed by atoms with E-state index in [9.17, 15) is 0 Å². The molecule has 0 radical (unpaired) electrons. The summed E-state index contributed by atoms with van der Waals surface area (Å²) < 4.78 is 5.29. The molecule has 1 aromatic carbocycles. The summed E-state index contributed by atoms with van der Waals surface area (Å²) in [4.78, 5) is 8.80. The number of hydrogen-bond donors (Lipinski definition) is 0. The van der Waals surface area contributed by atoms with Gasteiger partial charge in [-0.05, 0) is 17.7 Å². The molecule has 102 valence electrons. The summed E-state index contributed by atoms with van der Waals surface area (Å²) in [5.74, 6) is 2.05. The van der Waals surface area contributed by atoms with Crippen LogP contribution in [0.25, 0.3) is 0 Å². The van der Waals surface area contributed by atoms with E-state index in [0.717, 1.165) is 29.1 Å². The van der Waals surface area contributed by atoms with Gasteiger partial charge in [-0.15, -0.1) is 0 Å². The Bertz CT molecular complexity index is 714. The lowest BCUT2D eigenvalue weighted by molar-refractivity contribution is 0.711. The van der Waals surface area contributed by atoms with Gasteiger partial charge in [-0.3, -0.25) is 0 Å². The highest BCUT2D eigenvalue weighted by Gasteiger charge is 2.08. The number of hydrogen-bond acceptors (Lipinski definition) is 2. The Balaban J connectivity index is 1.82. The molecule has 0 unspecified atom stereocenters. The maximum absolute atomic E-state index is 4.45. The quantitative estimate of drug-likeness (QED) is 0.737. The fourth-order valence-corrected chi connectivity index (χ4v) is 2.64. The zero-order valence-corrected chi connectivity index (χ0v) is 12.8. The topological polar surface area (TPSA) is 35.6 Å². The Morgan fingerprint density at radius 1 is 1.10 bits per heavy atom. The van der Waals surface area contributed by atoms with Crippen molar-refractivity contribution in [2.45, 2.75) is 13.0 Å². The zero-order valence-electron chi connectivity index (χ0n) is 11.2. The molecule has 4 nitrogen and oxygen atoms in total. The largest absolute Gasteiger partial charge is 0.338 e. The molecule has 0 saturated carbocycles. The fourth-order valence-electron chi connectivity index (χ4n) is 2.19. The van der Waals surface area contributed by atoms with Gasteiger partial charge in [-0.1, -0.05) is 28.1 Å². The predicted octanol–water partition coefficient (Wildman–Crippen LogP) is 3.02. The van der Waals surface area contributed by atoms with Gasteiger partial charge in [-0.25, -0.2) is 9.97 Å². The minimum absolute atomic E-state index is 0.741. The molecule has 0 saturated heterocycles. The molecule has 20 heavy (non-hydrogen) atoms. The van der Waals surface area contributed by atoms with Crippen molar-refractivity contribution in [3.05, 3.63) is 70.7 Å². The van der Waals surface area contributed by atoms with E-state index in [1.807, 2.05) is 42.5 Å². The van der Waals surface area contributed by atoms with E-state index in [4.69, 9.17) is 0 Å². The van der Waals surface area contributed by atoms with Gasteiger partial charge in [-0.2, -0.15) is 0 Å². The third kappa shape index (κ3) is 2.82. The normalized spacial score (nSPS) is 10.9. The van der Waals surface area contributed by atoms with Crippen LogP contribution < -0.4 is 0 Å². The molecule has 0 amide bonds. The average Bonchev–Trinajstić information content (AvgIpc) is 3.01. The van der Waals surface area contributed by atoms with Crippen molar-refractivity contribution in [3.63, 3.8) is 0 Å². The number of nitrogens with zero attached hydrogens (tertiary/aromatic N) is 4. The van der Waals surface area contributed by atoms with Crippen LogP contribution in [0.4, 0.5) is 0 Å². The van der Waals surface area contributed by atoms with E-state index < -0.39 is 0 Å². The van der Waals surface area contributed by atoms with Crippen LogP contribution >= 0.6 is 15.9 Å². The Kier molecular flexibility index (Phi) is 3.69. The summed E-state index contributed by atoms with van der Waals surface area (Å²) in [6.45, 7) is 0.819. The Morgan fingerprint density at radius 3 is 2.65 bits per heavy atom. The molecule has 0 fully saturated rings. The molecule has 0 aliphatic rings. The van der Waals surface area contributed by atoms with Crippen molar-refractivity contribution in [2.24, 2.45) is 7.05 Å². The van der Waals surface area contributed by atoms with Crippen molar-refractivity contribution in [3.8, 4) is 0 Å². The maximum Gasteiger partial charge on any atom is 0.116 e. The second-order valence-electron chi connectivity index (χ2n) is 4.73. The summed E-state index contributed by atoms with van der Waals surface area (Å²) in [7, 11) is 2.00. The van der Waals surface area contributed by atoms with Gasteiger partial charge in [0.25, 0.3) is 0 Å². The molecule has 2 heterocycles. The first-order valence-electron chi connectivity index (χ1n) is 6.43. The summed E-state index contributed by atoms with van der Waals surface area (Å²) in [5, 5.41) is 0. The Hall–Kier alpha value is -1.88. The fraction of sp³-hybridized carbons (Fsp3) is 0.200. The SMILES string of the molecule is Cn1ccnc1Cc1nccn1Cc1cccc(Br)c1. The van der Waals surface area contributed by atoms with E-state index in [1.54, 1.807) is 0 Å². The third-order valence-electron chi connectivity index (χ3n) is 3.28. The predicted molar refractivity (Wildman–Crippen MR) is 81.5 cm³/mol. The molecule has 0 aliphatic carbocycles. The van der Waals surface area contributed by atoms with Crippen LogP contribution in [0.5, 0.6) is 0 Å². The van der Waals surface area contributed by atoms with Crippen LogP contribution in [-0.4, -0.2) is 19.1 Å². The molecule has 0 spiro atoms. The van der Waals surface area contributed by atoms with Crippen LogP contribution in [0, 0.1) is 0 Å². The molecule has 0 aliphatic heterocycles. The smallest absolute Gasteiger partial charge is 0.116 e. The van der Waals surface area contributed by atoms with Crippen LogP contribution in [0.2, 0.25) is 0 Å². The molecular weight excluding hydrogens is 316 g/mol. The summed E-state index contributed by atoms with van der Waals surface area (Å²) in [5.41, 5.74) is 1.25. The average molecular weight is 331 g/mol. The molecule has 0 atom stereocenters. The monoisotopic (exact) mass is 330 g/mol. The maximum atomic E-state index is 4.45. The molecule has 3 rings (SSSR count). The van der Waals surface area contributed by atoms with Gasteiger partial charge < -0.3 is 9.13 Å². The molecular formula is C15H15BrN4. The summed E-state index contributed by atoms with van der Waals surface area (Å²) in [6, 6.07) is 8.33. The number of imidazole rings is 2. The molecule has 0 bridgehead atoms. The lowest BCUT2D eigenvalue weighted by Crippen LogP contribution is -2.08. The lowest BCUT2D eigenvalue weighted by Gasteiger charge is -2.08. The van der Waals surface area contributed by atoms with Crippen LogP contribution in [0.15, 0.2) is 53.5 Å². The number of halogens is 1. The number of aromatic nitrogens is 4. The minimum atomic E-state index is 0.741.